The zero-order chi connectivity index (χ0) is 17.3. The van der Waals surface area contributed by atoms with Crippen LogP contribution in [-0.2, 0) is 14.6 Å². The van der Waals surface area contributed by atoms with Crippen LogP contribution in [0.4, 0.5) is 4.79 Å². The van der Waals surface area contributed by atoms with Crippen LogP contribution >= 0.6 is 11.6 Å². The Bertz CT molecular complexity index is 688. The van der Waals surface area contributed by atoms with E-state index in [2.05, 4.69) is 9.97 Å². The highest BCUT2D eigenvalue weighted by atomic mass is 35.5. The van der Waals surface area contributed by atoms with Crippen molar-refractivity contribution in [3.05, 3.63) is 17.5 Å². The van der Waals surface area contributed by atoms with Crippen molar-refractivity contribution in [2.24, 2.45) is 5.92 Å². The van der Waals surface area contributed by atoms with Gasteiger partial charge in [0, 0.05) is 19.3 Å². The van der Waals surface area contributed by atoms with Crippen LogP contribution in [-0.4, -0.2) is 53.8 Å². The number of amides is 1. The first kappa shape index (κ1) is 17.9. The third-order valence-corrected chi connectivity index (χ3v) is 5.27. The molecule has 7 nitrogen and oxygen atoms in total. The molecule has 1 fully saturated rings. The van der Waals surface area contributed by atoms with Gasteiger partial charge in [0.15, 0.2) is 14.9 Å². The molecule has 2 heterocycles. The van der Waals surface area contributed by atoms with Gasteiger partial charge in [0.25, 0.3) is 0 Å². The molecule has 1 amide bonds. The van der Waals surface area contributed by atoms with Gasteiger partial charge >= 0.3 is 6.09 Å². The summed E-state index contributed by atoms with van der Waals surface area (Å²) >= 11 is 5.64. The molecule has 2 rings (SSSR count). The van der Waals surface area contributed by atoms with Gasteiger partial charge in [0.2, 0.25) is 5.28 Å². The summed E-state index contributed by atoms with van der Waals surface area (Å²) in [5.74, 6) is -0.235. The molecule has 1 atom stereocenters. The zero-order valence-corrected chi connectivity index (χ0v) is 14.9. The van der Waals surface area contributed by atoms with E-state index in [4.69, 9.17) is 16.3 Å². The van der Waals surface area contributed by atoms with E-state index in [0.717, 1.165) is 0 Å². The van der Waals surface area contributed by atoms with Crippen LogP contribution < -0.4 is 0 Å². The number of carbonyl (C=O) groups excluding carboxylic acids is 1. The van der Waals surface area contributed by atoms with Gasteiger partial charge in [-0.25, -0.2) is 23.2 Å². The van der Waals surface area contributed by atoms with E-state index >= 15 is 0 Å². The predicted octanol–water partition coefficient (Wildman–Crippen LogP) is 2.16. The summed E-state index contributed by atoms with van der Waals surface area (Å²) in [5, 5.41) is -0.193. The van der Waals surface area contributed by atoms with Crippen molar-refractivity contribution >= 4 is 27.5 Å². The van der Waals surface area contributed by atoms with Crippen LogP contribution in [0.5, 0.6) is 0 Å². The predicted molar refractivity (Wildman–Crippen MR) is 85.0 cm³/mol. The quantitative estimate of drug-likeness (QED) is 0.605. The maximum absolute atomic E-state index is 12.4. The number of halogens is 1. The van der Waals surface area contributed by atoms with E-state index < -0.39 is 21.5 Å². The lowest BCUT2D eigenvalue weighted by atomic mass is 10.2. The molecule has 1 saturated heterocycles. The summed E-state index contributed by atoms with van der Waals surface area (Å²) in [6, 6.07) is 1.32. The van der Waals surface area contributed by atoms with Crippen LogP contribution in [0, 0.1) is 5.92 Å². The van der Waals surface area contributed by atoms with E-state index in [1.807, 2.05) is 0 Å². The maximum Gasteiger partial charge on any atom is 0.410 e. The molecule has 1 aromatic heterocycles. The number of ether oxygens (including phenoxy) is 1. The minimum Gasteiger partial charge on any atom is -0.444 e. The average molecular weight is 362 g/mol. The summed E-state index contributed by atoms with van der Waals surface area (Å²) in [6.07, 6.45) is 1.50. The van der Waals surface area contributed by atoms with Gasteiger partial charge in [0.1, 0.15) is 5.60 Å². The summed E-state index contributed by atoms with van der Waals surface area (Å²) in [6.45, 7) is 6.22. The first-order chi connectivity index (χ1) is 10.6. The Balaban J connectivity index is 1.99. The standard InChI is InChI=1S/C14H20ClN3O4S/c1-14(2,3)22-13(19)18-7-5-10(8-18)9-23(20,21)11-4-6-16-12(15)17-11/h4,6,10H,5,7-9H2,1-3H3/t10-/m1/s1. The maximum atomic E-state index is 12.4. The Morgan fingerprint density at radius 2 is 2.17 bits per heavy atom. The molecule has 0 spiro atoms. The molecular formula is C14H20ClN3O4S. The van der Waals surface area contributed by atoms with Gasteiger partial charge < -0.3 is 9.64 Å². The molecule has 0 unspecified atom stereocenters. The number of aromatic nitrogens is 2. The summed E-state index contributed by atoms with van der Waals surface area (Å²) in [4.78, 5) is 21.0. The molecule has 128 valence electrons. The highest BCUT2D eigenvalue weighted by Crippen LogP contribution is 2.23. The molecule has 0 N–H and O–H groups in total. The fourth-order valence-electron chi connectivity index (χ4n) is 2.35. The van der Waals surface area contributed by atoms with Gasteiger partial charge in [-0.1, -0.05) is 0 Å². The van der Waals surface area contributed by atoms with Gasteiger partial charge in [0.05, 0.1) is 5.75 Å². The second-order valence-electron chi connectivity index (χ2n) is 6.53. The molecule has 9 heteroatoms. The van der Waals surface area contributed by atoms with Crippen molar-refractivity contribution in [1.29, 1.82) is 0 Å². The summed E-state index contributed by atoms with van der Waals surface area (Å²) in [5.41, 5.74) is -0.570. The lowest BCUT2D eigenvalue weighted by Crippen LogP contribution is -2.35. The molecule has 23 heavy (non-hydrogen) atoms. The fourth-order valence-corrected chi connectivity index (χ4v) is 4.10. The van der Waals surface area contributed by atoms with E-state index in [1.54, 1.807) is 25.7 Å². The van der Waals surface area contributed by atoms with E-state index in [-0.39, 0.29) is 22.0 Å². The molecule has 1 aliphatic rings. The molecule has 0 aliphatic carbocycles. The Morgan fingerprint density at radius 3 is 2.78 bits per heavy atom. The number of hydrogen-bond acceptors (Lipinski definition) is 6. The summed E-state index contributed by atoms with van der Waals surface area (Å²) < 4.78 is 30.0. The fraction of sp³-hybridized carbons (Fsp3) is 0.643. The van der Waals surface area contributed by atoms with Crippen molar-refractivity contribution in [1.82, 2.24) is 14.9 Å². The first-order valence-corrected chi connectivity index (χ1v) is 9.29. The second kappa shape index (κ2) is 6.60. The first-order valence-electron chi connectivity index (χ1n) is 7.26. The van der Waals surface area contributed by atoms with Crippen LogP contribution in [0.3, 0.4) is 0 Å². The number of nitrogens with zero attached hydrogens (tertiary/aromatic N) is 3. The molecular weight excluding hydrogens is 342 g/mol. The average Bonchev–Trinajstić information content (AvgIpc) is 2.84. The lowest BCUT2D eigenvalue weighted by molar-refractivity contribution is 0.0289. The van der Waals surface area contributed by atoms with Crippen molar-refractivity contribution in [3.63, 3.8) is 0 Å². The van der Waals surface area contributed by atoms with Crippen molar-refractivity contribution in [2.45, 2.75) is 37.8 Å². The second-order valence-corrected chi connectivity index (χ2v) is 8.85. The Kier molecular flexibility index (Phi) is 5.15. The van der Waals surface area contributed by atoms with Crippen LogP contribution in [0.1, 0.15) is 27.2 Å². The minimum atomic E-state index is -3.56. The van der Waals surface area contributed by atoms with Crippen LogP contribution in [0.2, 0.25) is 5.28 Å². The SMILES string of the molecule is CC(C)(C)OC(=O)N1CC[C@@H](CS(=O)(=O)c2ccnc(Cl)n2)C1. The van der Waals surface area contributed by atoms with E-state index in [0.29, 0.717) is 19.5 Å². The molecule has 1 aromatic rings. The number of hydrogen-bond donors (Lipinski definition) is 0. The Morgan fingerprint density at radius 1 is 1.48 bits per heavy atom. The monoisotopic (exact) mass is 361 g/mol. The number of carbonyl (C=O) groups is 1. The van der Waals surface area contributed by atoms with Gasteiger partial charge in [-0.2, -0.15) is 0 Å². The topological polar surface area (TPSA) is 89.5 Å². The Hall–Kier alpha value is -1.41. The largest absolute Gasteiger partial charge is 0.444 e. The molecule has 1 aliphatic heterocycles. The molecule has 0 saturated carbocycles. The highest BCUT2D eigenvalue weighted by Gasteiger charge is 2.33. The number of sulfone groups is 1. The van der Waals surface area contributed by atoms with Crippen molar-refractivity contribution < 1.29 is 17.9 Å². The van der Waals surface area contributed by atoms with Gasteiger partial charge in [-0.15, -0.1) is 0 Å². The normalized spacial score (nSPS) is 19.0. The van der Waals surface area contributed by atoms with E-state index in [9.17, 15) is 13.2 Å². The minimum absolute atomic E-state index is 0.0837. The number of likely N-dealkylation sites (tertiary alicyclic amines) is 1. The molecule has 0 radical (unpaired) electrons. The number of rotatable bonds is 3. The third-order valence-electron chi connectivity index (χ3n) is 3.31. The third kappa shape index (κ3) is 5.04. The zero-order valence-electron chi connectivity index (χ0n) is 13.3. The van der Waals surface area contributed by atoms with Crippen molar-refractivity contribution in [2.75, 3.05) is 18.8 Å². The Labute approximate surface area is 140 Å². The molecule has 0 aromatic carbocycles. The smallest absolute Gasteiger partial charge is 0.410 e. The van der Waals surface area contributed by atoms with Gasteiger partial charge in [-0.05, 0) is 50.8 Å². The van der Waals surface area contributed by atoms with E-state index in [1.165, 1.54) is 12.3 Å². The van der Waals surface area contributed by atoms with Gasteiger partial charge in [-0.3, -0.25) is 0 Å². The summed E-state index contributed by atoms with van der Waals surface area (Å²) in [7, 11) is -3.56. The lowest BCUT2D eigenvalue weighted by Gasteiger charge is -2.24. The van der Waals surface area contributed by atoms with Crippen LogP contribution in [0.25, 0.3) is 0 Å². The van der Waals surface area contributed by atoms with Crippen LogP contribution in [0.15, 0.2) is 17.3 Å². The highest BCUT2D eigenvalue weighted by molar-refractivity contribution is 7.91. The molecule has 0 bridgehead atoms. The van der Waals surface area contributed by atoms with Crippen molar-refractivity contribution in [3.8, 4) is 0 Å².